The number of anilines is 1. The summed E-state index contributed by atoms with van der Waals surface area (Å²) in [5.74, 6) is -1.26. The number of piperazine rings is 1. The molecular formula is C26H23F2N3O3. The van der Waals surface area contributed by atoms with E-state index in [4.69, 9.17) is 0 Å². The molecule has 6 nitrogen and oxygen atoms in total. The molecule has 2 aliphatic rings. The van der Waals surface area contributed by atoms with Crippen molar-refractivity contribution in [2.75, 3.05) is 25.0 Å². The molecule has 2 saturated heterocycles. The zero-order valence-corrected chi connectivity index (χ0v) is 18.2. The van der Waals surface area contributed by atoms with Crippen molar-refractivity contribution in [3.8, 4) is 11.1 Å². The smallest absolute Gasteiger partial charge is 0.322 e. The number of urea groups is 1. The molecule has 2 fully saturated rings. The number of benzene rings is 3. The van der Waals surface area contributed by atoms with Crippen LogP contribution < -0.4 is 5.32 Å². The van der Waals surface area contributed by atoms with Crippen LogP contribution in [0.15, 0.2) is 72.8 Å². The number of rotatable bonds is 4. The van der Waals surface area contributed by atoms with Crippen molar-refractivity contribution < 1.29 is 23.5 Å². The lowest BCUT2D eigenvalue weighted by Gasteiger charge is -2.58. The Kier molecular flexibility index (Phi) is 5.75. The number of aliphatic hydroxyl groups is 1. The zero-order chi connectivity index (χ0) is 23.8. The Hall–Kier alpha value is -3.78. The van der Waals surface area contributed by atoms with E-state index in [2.05, 4.69) is 5.32 Å². The molecule has 0 spiro atoms. The summed E-state index contributed by atoms with van der Waals surface area (Å²) >= 11 is 0. The fourth-order valence-corrected chi connectivity index (χ4v) is 4.95. The van der Waals surface area contributed by atoms with Gasteiger partial charge in [0.2, 0.25) is 5.91 Å². The summed E-state index contributed by atoms with van der Waals surface area (Å²) < 4.78 is 27.2. The molecule has 5 rings (SSSR count). The first-order valence-corrected chi connectivity index (χ1v) is 11.0. The van der Waals surface area contributed by atoms with Crippen LogP contribution in [0.1, 0.15) is 11.5 Å². The van der Waals surface area contributed by atoms with Gasteiger partial charge in [-0.2, -0.15) is 0 Å². The molecular weight excluding hydrogens is 440 g/mol. The molecule has 174 valence electrons. The van der Waals surface area contributed by atoms with Gasteiger partial charge in [0.15, 0.2) is 0 Å². The molecule has 0 radical (unpaired) electrons. The predicted octanol–water partition coefficient (Wildman–Crippen LogP) is 3.83. The summed E-state index contributed by atoms with van der Waals surface area (Å²) in [6.07, 6.45) is 0. The van der Waals surface area contributed by atoms with Crippen LogP contribution in [0, 0.1) is 11.6 Å². The van der Waals surface area contributed by atoms with Crippen LogP contribution >= 0.6 is 0 Å². The molecule has 0 unspecified atom stereocenters. The molecule has 0 aromatic heterocycles. The normalized spacial score (nSPS) is 21.6. The first kappa shape index (κ1) is 22.0. The van der Waals surface area contributed by atoms with Gasteiger partial charge in [-0.15, -0.1) is 0 Å². The molecule has 34 heavy (non-hydrogen) atoms. The van der Waals surface area contributed by atoms with Gasteiger partial charge in [0.05, 0.1) is 24.4 Å². The Morgan fingerprint density at radius 2 is 1.62 bits per heavy atom. The predicted molar refractivity (Wildman–Crippen MR) is 123 cm³/mol. The lowest BCUT2D eigenvalue weighted by Crippen LogP contribution is -2.73. The highest BCUT2D eigenvalue weighted by Gasteiger charge is 2.54. The molecule has 0 saturated carbocycles. The van der Waals surface area contributed by atoms with E-state index in [9.17, 15) is 23.5 Å². The number of nitrogens with zero attached hydrogens (tertiary/aromatic N) is 2. The highest BCUT2D eigenvalue weighted by Crippen LogP contribution is 2.43. The number of carbonyl (C=O) groups excluding carboxylic acids is 2. The quantitative estimate of drug-likeness (QED) is 0.618. The lowest BCUT2D eigenvalue weighted by atomic mass is 9.73. The number of fused-ring (bicyclic) bond motifs is 1. The lowest BCUT2D eigenvalue weighted by molar-refractivity contribution is -0.159. The van der Waals surface area contributed by atoms with Gasteiger partial charge < -0.3 is 20.2 Å². The summed E-state index contributed by atoms with van der Waals surface area (Å²) in [4.78, 5) is 28.6. The highest BCUT2D eigenvalue weighted by molar-refractivity contribution is 5.94. The van der Waals surface area contributed by atoms with Crippen LogP contribution in [-0.2, 0) is 4.79 Å². The van der Waals surface area contributed by atoms with Crippen LogP contribution in [0.4, 0.5) is 19.3 Å². The first-order chi connectivity index (χ1) is 16.5. The average Bonchev–Trinajstić information content (AvgIpc) is 2.82. The monoisotopic (exact) mass is 463 g/mol. The third-order valence-corrected chi connectivity index (χ3v) is 6.63. The summed E-state index contributed by atoms with van der Waals surface area (Å²) in [6.45, 7) is -0.0511. The van der Waals surface area contributed by atoms with E-state index in [0.29, 0.717) is 0 Å². The van der Waals surface area contributed by atoms with Crippen molar-refractivity contribution in [2.24, 2.45) is 0 Å². The Bertz CT molecular complexity index is 1220. The Labute approximate surface area is 195 Å². The molecule has 8 heteroatoms. The van der Waals surface area contributed by atoms with Crippen molar-refractivity contribution in [1.82, 2.24) is 9.80 Å². The summed E-state index contributed by atoms with van der Waals surface area (Å²) in [6, 6.07) is 18.6. The molecule has 0 aliphatic carbocycles. The van der Waals surface area contributed by atoms with Gasteiger partial charge in [-0.1, -0.05) is 48.5 Å². The molecule has 3 amide bonds. The van der Waals surface area contributed by atoms with E-state index in [0.717, 1.165) is 16.7 Å². The van der Waals surface area contributed by atoms with Gasteiger partial charge in [0.1, 0.15) is 18.2 Å². The highest BCUT2D eigenvalue weighted by atomic mass is 19.1. The standard InChI is InChI=1S/C26H23F2N3O3/c27-19-11-9-17(10-12-19)16-5-7-18(8-6-16)25-22-13-30(14-24(33)31(22)23(25)15-32)26(34)29-21-4-2-1-3-20(21)28/h1-12,22-23,25,32H,13-15H2,(H,29,34)/t22-,23+,25+/m0/s1. The fraction of sp³-hybridized carbons (Fsp3) is 0.231. The number of hydrogen-bond donors (Lipinski definition) is 2. The van der Waals surface area contributed by atoms with E-state index in [1.54, 1.807) is 23.1 Å². The maximum Gasteiger partial charge on any atom is 0.322 e. The van der Waals surface area contributed by atoms with Gasteiger partial charge in [-0.05, 0) is 41.0 Å². The van der Waals surface area contributed by atoms with E-state index < -0.39 is 11.8 Å². The van der Waals surface area contributed by atoms with E-state index in [1.807, 2.05) is 24.3 Å². The van der Waals surface area contributed by atoms with Gasteiger partial charge in [-0.25, -0.2) is 13.6 Å². The molecule has 2 heterocycles. The van der Waals surface area contributed by atoms with Crippen LogP contribution in [0.25, 0.3) is 11.1 Å². The second-order valence-corrected chi connectivity index (χ2v) is 8.56. The van der Waals surface area contributed by atoms with Gasteiger partial charge >= 0.3 is 6.03 Å². The molecule has 2 N–H and O–H groups in total. The van der Waals surface area contributed by atoms with Crippen molar-refractivity contribution in [1.29, 1.82) is 0 Å². The number of aliphatic hydroxyl groups excluding tert-OH is 1. The van der Waals surface area contributed by atoms with Crippen LogP contribution in [0.2, 0.25) is 0 Å². The van der Waals surface area contributed by atoms with E-state index in [1.165, 1.54) is 35.2 Å². The Morgan fingerprint density at radius 3 is 2.26 bits per heavy atom. The second-order valence-electron chi connectivity index (χ2n) is 8.56. The van der Waals surface area contributed by atoms with Gasteiger partial charge in [0.25, 0.3) is 0 Å². The first-order valence-electron chi connectivity index (χ1n) is 11.0. The number of carbonyl (C=O) groups is 2. The fourth-order valence-electron chi connectivity index (χ4n) is 4.95. The Morgan fingerprint density at radius 1 is 0.971 bits per heavy atom. The minimum Gasteiger partial charge on any atom is -0.394 e. The largest absolute Gasteiger partial charge is 0.394 e. The number of nitrogens with one attached hydrogen (secondary N) is 1. The molecule has 2 aliphatic heterocycles. The van der Waals surface area contributed by atoms with Gasteiger partial charge in [-0.3, -0.25) is 4.79 Å². The number of amides is 3. The van der Waals surface area contributed by atoms with E-state index in [-0.39, 0.29) is 55.1 Å². The minimum absolute atomic E-state index is 0.0529. The van der Waals surface area contributed by atoms with E-state index >= 15 is 0 Å². The third-order valence-electron chi connectivity index (χ3n) is 6.63. The Balaban J connectivity index is 1.34. The van der Waals surface area contributed by atoms with Crippen LogP contribution in [-0.4, -0.2) is 58.6 Å². The SMILES string of the molecule is O=C(Nc1ccccc1F)N1CC(=O)N2[C@H](CO)[C@H](c3ccc(-c4ccc(F)cc4)cc3)[C@@H]2C1. The number of para-hydroxylation sites is 1. The zero-order valence-electron chi connectivity index (χ0n) is 18.2. The topological polar surface area (TPSA) is 72.9 Å². The second kappa shape index (κ2) is 8.87. The van der Waals surface area contributed by atoms with Crippen molar-refractivity contribution in [3.63, 3.8) is 0 Å². The molecule has 3 atom stereocenters. The summed E-state index contributed by atoms with van der Waals surface area (Å²) in [5, 5.41) is 12.5. The van der Waals surface area contributed by atoms with Crippen molar-refractivity contribution >= 4 is 17.6 Å². The number of hydrogen-bond acceptors (Lipinski definition) is 3. The summed E-state index contributed by atoms with van der Waals surface area (Å²) in [7, 11) is 0. The third kappa shape index (κ3) is 3.90. The maximum atomic E-state index is 13.9. The van der Waals surface area contributed by atoms with Crippen molar-refractivity contribution in [3.05, 3.63) is 90.0 Å². The van der Waals surface area contributed by atoms with Crippen molar-refractivity contribution in [2.45, 2.75) is 18.0 Å². The van der Waals surface area contributed by atoms with Crippen LogP contribution in [0.3, 0.4) is 0 Å². The van der Waals surface area contributed by atoms with Crippen LogP contribution in [0.5, 0.6) is 0 Å². The van der Waals surface area contributed by atoms with Gasteiger partial charge in [0, 0.05) is 12.5 Å². The minimum atomic E-state index is -0.552. The summed E-state index contributed by atoms with van der Waals surface area (Å²) in [5.41, 5.74) is 2.80. The molecule has 3 aromatic rings. The molecule has 0 bridgehead atoms. The molecule has 3 aromatic carbocycles. The number of halogens is 2. The average molecular weight is 463 g/mol. The maximum absolute atomic E-state index is 13.9.